The minimum Gasteiger partial charge on any atom is -0.374 e. The Balaban J connectivity index is 1.87. The Hall–Kier alpha value is -1.57. The molecule has 1 aliphatic rings. The summed E-state index contributed by atoms with van der Waals surface area (Å²) in [6, 6.07) is 10.5. The van der Waals surface area contributed by atoms with Gasteiger partial charge in [0.15, 0.2) is 0 Å². The van der Waals surface area contributed by atoms with E-state index in [0.717, 1.165) is 18.0 Å². The fraction of sp³-hybridized carbons (Fsp3) is 0.400. The summed E-state index contributed by atoms with van der Waals surface area (Å²) in [4.78, 5) is 6.77. The Labute approximate surface area is 102 Å². The minimum atomic E-state index is 0.991. The summed E-state index contributed by atoms with van der Waals surface area (Å²) in [6.45, 7) is 1.15. The maximum Gasteiger partial charge on any atom is 0.0722 e. The van der Waals surface area contributed by atoms with Crippen molar-refractivity contribution < 1.29 is 0 Å². The zero-order chi connectivity index (χ0) is 11.7. The van der Waals surface area contributed by atoms with Gasteiger partial charge >= 0.3 is 0 Å². The van der Waals surface area contributed by atoms with Crippen LogP contribution in [0.2, 0.25) is 0 Å². The van der Waals surface area contributed by atoms with Gasteiger partial charge in [-0.15, -0.1) is 0 Å². The lowest BCUT2D eigenvalue weighted by Crippen LogP contribution is -2.19. The quantitative estimate of drug-likeness (QED) is 0.793. The molecule has 2 aromatic rings. The van der Waals surface area contributed by atoms with Crippen molar-refractivity contribution in [2.75, 3.05) is 18.5 Å². The third-order valence-electron chi connectivity index (χ3n) is 3.61. The fourth-order valence-electron chi connectivity index (χ4n) is 2.32. The molecule has 1 saturated carbocycles. The van der Waals surface area contributed by atoms with Crippen LogP contribution in [0, 0.1) is 5.92 Å². The Morgan fingerprint density at radius 3 is 2.88 bits per heavy atom. The van der Waals surface area contributed by atoms with E-state index in [1.165, 1.54) is 30.3 Å². The molecule has 88 valence electrons. The lowest BCUT2D eigenvalue weighted by molar-refractivity contribution is 0.712. The third-order valence-corrected chi connectivity index (χ3v) is 3.61. The summed E-state index contributed by atoms with van der Waals surface area (Å²) in [5.41, 5.74) is 2.39. The van der Waals surface area contributed by atoms with Crippen LogP contribution in [0.3, 0.4) is 0 Å². The number of nitrogens with zero attached hydrogens (tertiary/aromatic N) is 2. The standard InChI is InChI=1S/C15H18N2/c1-17(11-9-12-6-7-12)15-8-10-16-14-5-3-2-4-13(14)15/h2-5,8,10,12H,6-7,9,11H2,1H3. The van der Waals surface area contributed by atoms with E-state index in [1.807, 2.05) is 12.3 Å². The molecular formula is C15H18N2. The number of anilines is 1. The molecule has 1 aliphatic carbocycles. The topological polar surface area (TPSA) is 16.1 Å². The van der Waals surface area contributed by atoms with E-state index in [0.29, 0.717) is 0 Å². The number of hydrogen-bond acceptors (Lipinski definition) is 2. The van der Waals surface area contributed by atoms with Gasteiger partial charge in [0, 0.05) is 30.9 Å². The van der Waals surface area contributed by atoms with E-state index >= 15 is 0 Å². The predicted octanol–water partition coefficient (Wildman–Crippen LogP) is 3.47. The summed E-state index contributed by atoms with van der Waals surface area (Å²) >= 11 is 0. The number of rotatable bonds is 4. The van der Waals surface area contributed by atoms with Crippen LogP contribution >= 0.6 is 0 Å². The third kappa shape index (κ3) is 2.26. The molecule has 0 aliphatic heterocycles. The number of pyridine rings is 1. The predicted molar refractivity (Wildman–Crippen MR) is 72.4 cm³/mol. The van der Waals surface area contributed by atoms with E-state index in [2.05, 4.69) is 41.2 Å². The first-order chi connectivity index (χ1) is 8.34. The average molecular weight is 226 g/mol. The lowest BCUT2D eigenvalue weighted by atomic mass is 10.1. The van der Waals surface area contributed by atoms with Crippen molar-refractivity contribution in [2.45, 2.75) is 19.3 Å². The van der Waals surface area contributed by atoms with Crippen molar-refractivity contribution in [3.63, 3.8) is 0 Å². The van der Waals surface area contributed by atoms with Gasteiger partial charge in [-0.1, -0.05) is 31.0 Å². The molecule has 0 saturated heterocycles. The molecule has 0 amide bonds. The molecule has 0 N–H and O–H groups in total. The van der Waals surface area contributed by atoms with E-state index in [4.69, 9.17) is 0 Å². The number of aromatic nitrogens is 1. The van der Waals surface area contributed by atoms with Crippen molar-refractivity contribution in [3.8, 4) is 0 Å². The van der Waals surface area contributed by atoms with Crippen LogP contribution in [0.15, 0.2) is 36.5 Å². The second kappa shape index (κ2) is 4.36. The molecule has 0 radical (unpaired) electrons. The molecule has 0 spiro atoms. The van der Waals surface area contributed by atoms with Gasteiger partial charge in [-0.3, -0.25) is 4.98 Å². The van der Waals surface area contributed by atoms with Crippen molar-refractivity contribution in [1.29, 1.82) is 0 Å². The van der Waals surface area contributed by atoms with E-state index in [9.17, 15) is 0 Å². The first-order valence-corrected chi connectivity index (χ1v) is 6.39. The van der Waals surface area contributed by atoms with Gasteiger partial charge in [-0.2, -0.15) is 0 Å². The first-order valence-electron chi connectivity index (χ1n) is 6.39. The summed E-state index contributed by atoms with van der Waals surface area (Å²) < 4.78 is 0. The smallest absolute Gasteiger partial charge is 0.0722 e. The van der Waals surface area contributed by atoms with Gasteiger partial charge in [0.1, 0.15) is 0 Å². The highest BCUT2D eigenvalue weighted by atomic mass is 15.1. The minimum absolute atomic E-state index is 0.991. The van der Waals surface area contributed by atoms with Crippen molar-refractivity contribution in [3.05, 3.63) is 36.5 Å². The molecule has 1 aromatic heterocycles. The number of benzene rings is 1. The second-order valence-corrected chi connectivity index (χ2v) is 5.00. The van der Waals surface area contributed by atoms with Gasteiger partial charge in [0.25, 0.3) is 0 Å². The summed E-state index contributed by atoms with van der Waals surface area (Å²) in [6.07, 6.45) is 6.11. The number of hydrogen-bond donors (Lipinski definition) is 0. The van der Waals surface area contributed by atoms with Gasteiger partial charge in [-0.05, 0) is 24.5 Å². The SMILES string of the molecule is CN(CCC1CC1)c1ccnc2ccccc12. The molecule has 2 nitrogen and oxygen atoms in total. The first kappa shape index (κ1) is 10.6. The van der Waals surface area contributed by atoms with Gasteiger partial charge in [0.2, 0.25) is 0 Å². The Kier molecular flexibility index (Phi) is 2.71. The van der Waals surface area contributed by atoms with E-state index in [1.54, 1.807) is 0 Å². The Morgan fingerprint density at radius 2 is 2.06 bits per heavy atom. The highest BCUT2D eigenvalue weighted by Crippen LogP contribution is 2.33. The normalized spacial score (nSPS) is 15.1. The van der Waals surface area contributed by atoms with Gasteiger partial charge < -0.3 is 4.90 Å². The molecule has 17 heavy (non-hydrogen) atoms. The molecule has 0 atom stereocenters. The van der Waals surface area contributed by atoms with Crippen LogP contribution in [0.4, 0.5) is 5.69 Å². The molecule has 1 aromatic carbocycles. The second-order valence-electron chi connectivity index (χ2n) is 5.00. The number of para-hydroxylation sites is 1. The van der Waals surface area contributed by atoms with Crippen LogP contribution in [0.5, 0.6) is 0 Å². The maximum absolute atomic E-state index is 4.41. The Bertz CT molecular complexity index is 512. The van der Waals surface area contributed by atoms with Crippen molar-refractivity contribution >= 4 is 16.6 Å². The monoisotopic (exact) mass is 226 g/mol. The molecule has 0 unspecified atom stereocenters. The molecule has 0 bridgehead atoms. The summed E-state index contributed by atoms with van der Waals surface area (Å²) in [5, 5.41) is 1.26. The number of fused-ring (bicyclic) bond motifs is 1. The summed E-state index contributed by atoms with van der Waals surface area (Å²) in [5.74, 6) is 0.991. The largest absolute Gasteiger partial charge is 0.374 e. The lowest BCUT2D eigenvalue weighted by Gasteiger charge is -2.20. The van der Waals surface area contributed by atoms with Crippen LogP contribution in [0.25, 0.3) is 10.9 Å². The van der Waals surface area contributed by atoms with Crippen LogP contribution in [0.1, 0.15) is 19.3 Å². The maximum atomic E-state index is 4.41. The highest BCUT2D eigenvalue weighted by molar-refractivity contribution is 5.91. The van der Waals surface area contributed by atoms with Crippen LogP contribution in [-0.4, -0.2) is 18.6 Å². The van der Waals surface area contributed by atoms with Gasteiger partial charge in [0.05, 0.1) is 5.52 Å². The summed E-state index contributed by atoms with van der Waals surface area (Å²) in [7, 11) is 2.18. The van der Waals surface area contributed by atoms with Crippen LogP contribution < -0.4 is 4.90 Å². The molecule has 2 heteroatoms. The molecule has 1 heterocycles. The van der Waals surface area contributed by atoms with Crippen LogP contribution in [-0.2, 0) is 0 Å². The molecule has 1 fully saturated rings. The zero-order valence-corrected chi connectivity index (χ0v) is 10.3. The Morgan fingerprint density at radius 1 is 1.24 bits per heavy atom. The van der Waals surface area contributed by atoms with E-state index < -0.39 is 0 Å². The molecule has 3 rings (SSSR count). The van der Waals surface area contributed by atoms with Crippen molar-refractivity contribution in [2.24, 2.45) is 5.92 Å². The fourth-order valence-corrected chi connectivity index (χ4v) is 2.32. The van der Waals surface area contributed by atoms with E-state index in [-0.39, 0.29) is 0 Å². The van der Waals surface area contributed by atoms with Crippen molar-refractivity contribution in [1.82, 2.24) is 4.98 Å². The zero-order valence-electron chi connectivity index (χ0n) is 10.3. The average Bonchev–Trinajstić information content (AvgIpc) is 3.19. The molecular weight excluding hydrogens is 208 g/mol. The van der Waals surface area contributed by atoms with Gasteiger partial charge in [-0.25, -0.2) is 0 Å². The highest BCUT2D eigenvalue weighted by Gasteiger charge is 2.21.